The van der Waals surface area contributed by atoms with Crippen molar-refractivity contribution >= 4 is 5.91 Å². The van der Waals surface area contributed by atoms with E-state index in [1.54, 1.807) is 0 Å². The smallest absolute Gasteiger partial charge is 0.221 e. The van der Waals surface area contributed by atoms with E-state index in [-0.39, 0.29) is 5.91 Å². The van der Waals surface area contributed by atoms with Gasteiger partial charge in [0, 0.05) is 38.6 Å². The fourth-order valence-corrected chi connectivity index (χ4v) is 1.83. The number of nitrogens with zero attached hydrogens (tertiary/aromatic N) is 1. The van der Waals surface area contributed by atoms with E-state index in [1.165, 1.54) is 0 Å². The van der Waals surface area contributed by atoms with Crippen LogP contribution in [0.2, 0.25) is 0 Å². The molecule has 4 nitrogen and oxygen atoms in total. The van der Waals surface area contributed by atoms with Gasteiger partial charge in [0.05, 0.1) is 0 Å². The molecule has 1 saturated heterocycles. The Hall–Kier alpha value is -0.610. The van der Waals surface area contributed by atoms with Crippen LogP contribution in [0.1, 0.15) is 26.7 Å². The van der Waals surface area contributed by atoms with Crippen LogP contribution in [-0.2, 0) is 4.79 Å². The number of carbonyl (C=O) groups is 1. The molecule has 88 valence electrons. The molecule has 0 aromatic heterocycles. The third-order valence-corrected chi connectivity index (χ3v) is 2.79. The summed E-state index contributed by atoms with van der Waals surface area (Å²) in [4.78, 5) is 13.7. The van der Waals surface area contributed by atoms with Gasteiger partial charge in [0.2, 0.25) is 5.91 Å². The first kappa shape index (κ1) is 12.5. The quantitative estimate of drug-likeness (QED) is 0.635. The summed E-state index contributed by atoms with van der Waals surface area (Å²) in [7, 11) is 0. The Morgan fingerprint density at radius 1 is 1.40 bits per heavy atom. The van der Waals surface area contributed by atoms with Crippen LogP contribution in [0.4, 0.5) is 0 Å². The Morgan fingerprint density at radius 3 is 2.60 bits per heavy atom. The van der Waals surface area contributed by atoms with Gasteiger partial charge in [-0.2, -0.15) is 0 Å². The van der Waals surface area contributed by atoms with E-state index in [4.69, 9.17) is 0 Å². The fraction of sp³-hybridized carbons (Fsp3) is 0.909. The normalized spacial score (nSPS) is 16.5. The van der Waals surface area contributed by atoms with Crippen LogP contribution < -0.4 is 10.6 Å². The summed E-state index contributed by atoms with van der Waals surface area (Å²) in [6.07, 6.45) is 1.79. The number of nitrogens with one attached hydrogen (secondary N) is 2. The van der Waals surface area contributed by atoms with E-state index in [1.807, 2.05) is 6.92 Å². The average Bonchev–Trinajstić information content (AvgIpc) is 2.12. The fourth-order valence-electron chi connectivity index (χ4n) is 1.83. The van der Waals surface area contributed by atoms with Crippen molar-refractivity contribution in [2.24, 2.45) is 0 Å². The summed E-state index contributed by atoms with van der Waals surface area (Å²) in [5, 5.41) is 6.11. The molecule has 0 saturated carbocycles. The van der Waals surface area contributed by atoms with E-state index in [2.05, 4.69) is 22.5 Å². The molecule has 1 amide bonds. The van der Waals surface area contributed by atoms with E-state index in [0.29, 0.717) is 12.5 Å². The largest absolute Gasteiger partial charge is 0.356 e. The Labute approximate surface area is 92.4 Å². The van der Waals surface area contributed by atoms with Gasteiger partial charge >= 0.3 is 0 Å². The predicted molar refractivity (Wildman–Crippen MR) is 61.8 cm³/mol. The van der Waals surface area contributed by atoms with Crippen LogP contribution in [0.3, 0.4) is 0 Å². The van der Waals surface area contributed by atoms with Gasteiger partial charge in [-0.25, -0.2) is 0 Å². The first-order valence-corrected chi connectivity index (χ1v) is 5.99. The van der Waals surface area contributed by atoms with Crippen LogP contribution in [0.5, 0.6) is 0 Å². The minimum absolute atomic E-state index is 0.172. The van der Waals surface area contributed by atoms with E-state index >= 15 is 0 Å². The Kier molecular flexibility index (Phi) is 5.65. The maximum atomic E-state index is 11.3. The van der Waals surface area contributed by atoms with E-state index in [9.17, 15) is 4.79 Å². The molecule has 0 unspecified atom stereocenters. The molecular weight excluding hydrogens is 190 g/mol. The molecule has 1 rings (SSSR count). The number of hydrogen-bond donors (Lipinski definition) is 2. The predicted octanol–water partition coefficient (Wildman–Crippen LogP) is 0.196. The topological polar surface area (TPSA) is 44.4 Å². The van der Waals surface area contributed by atoms with Crippen molar-refractivity contribution in [2.45, 2.75) is 32.7 Å². The van der Waals surface area contributed by atoms with Gasteiger partial charge in [-0.3, -0.25) is 9.69 Å². The zero-order chi connectivity index (χ0) is 11.1. The lowest BCUT2D eigenvalue weighted by molar-refractivity contribution is -0.121. The highest BCUT2D eigenvalue weighted by Gasteiger charge is 2.23. The van der Waals surface area contributed by atoms with Crippen LogP contribution in [0.15, 0.2) is 0 Å². The number of amides is 1. The summed E-state index contributed by atoms with van der Waals surface area (Å²) in [6, 6.07) is 0.652. The van der Waals surface area contributed by atoms with Crippen molar-refractivity contribution in [3.05, 3.63) is 0 Å². The van der Waals surface area contributed by atoms with Crippen molar-refractivity contribution < 1.29 is 4.79 Å². The summed E-state index contributed by atoms with van der Waals surface area (Å²) >= 11 is 0. The second-order valence-corrected chi connectivity index (χ2v) is 4.05. The molecular formula is C11H23N3O. The first-order valence-electron chi connectivity index (χ1n) is 5.99. The minimum Gasteiger partial charge on any atom is -0.356 e. The molecule has 0 aromatic rings. The van der Waals surface area contributed by atoms with Crippen molar-refractivity contribution in [2.75, 3.05) is 32.7 Å². The Balaban J connectivity index is 2.21. The molecule has 0 atom stereocenters. The third kappa shape index (κ3) is 4.18. The summed E-state index contributed by atoms with van der Waals surface area (Å²) in [6.45, 7) is 9.03. The third-order valence-electron chi connectivity index (χ3n) is 2.79. The monoisotopic (exact) mass is 213 g/mol. The molecule has 0 radical (unpaired) electrons. The number of carbonyl (C=O) groups excluding carboxylic acids is 1. The standard InChI is InChI=1S/C11H23N3O/c1-3-6-14(10-8-12-9-10)7-5-11(15)13-4-2/h10,12H,3-9H2,1-2H3,(H,13,15). The van der Waals surface area contributed by atoms with Gasteiger partial charge in [0.15, 0.2) is 0 Å². The highest BCUT2D eigenvalue weighted by atomic mass is 16.1. The molecule has 1 aliphatic heterocycles. The van der Waals surface area contributed by atoms with E-state index < -0.39 is 0 Å². The van der Waals surface area contributed by atoms with Gasteiger partial charge in [-0.05, 0) is 19.9 Å². The molecule has 4 heteroatoms. The molecule has 0 aliphatic carbocycles. The van der Waals surface area contributed by atoms with Crippen molar-refractivity contribution in [1.82, 2.24) is 15.5 Å². The summed E-state index contributed by atoms with van der Waals surface area (Å²) < 4.78 is 0. The molecule has 1 fully saturated rings. The number of rotatable bonds is 7. The number of hydrogen-bond acceptors (Lipinski definition) is 3. The van der Waals surface area contributed by atoms with Crippen molar-refractivity contribution in [3.63, 3.8) is 0 Å². The van der Waals surface area contributed by atoms with Gasteiger partial charge in [-0.1, -0.05) is 6.92 Å². The minimum atomic E-state index is 0.172. The highest BCUT2D eigenvalue weighted by Crippen LogP contribution is 2.06. The Morgan fingerprint density at radius 2 is 2.13 bits per heavy atom. The maximum Gasteiger partial charge on any atom is 0.221 e. The summed E-state index contributed by atoms with van der Waals surface area (Å²) in [5.74, 6) is 0.172. The Bertz CT molecular complexity index is 192. The summed E-state index contributed by atoms with van der Waals surface area (Å²) in [5.41, 5.74) is 0. The average molecular weight is 213 g/mol. The van der Waals surface area contributed by atoms with Crippen molar-refractivity contribution in [1.29, 1.82) is 0 Å². The molecule has 15 heavy (non-hydrogen) atoms. The molecule has 2 N–H and O–H groups in total. The van der Waals surface area contributed by atoms with Crippen LogP contribution in [0.25, 0.3) is 0 Å². The lowest BCUT2D eigenvalue weighted by atomic mass is 10.1. The SMILES string of the molecule is CCCN(CCC(=O)NCC)C1CNC1. The second kappa shape index (κ2) is 6.80. The van der Waals surface area contributed by atoms with Crippen LogP contribution in [-0.4, -0.2) is 49.6 Å². The van der Waals surface area contributed by atoms with Gasteiger partial charge in [0.25, 0.3) is 0 Å². The maximum absolute atomic E-state index is 11.3. The second-order valence-electron chi connectivity index (χ2n) is 4.05. The lowest BCUT2D eigenvalue weighted by Crippen LogP contribution is -2.57. The molecule has 0 spiro atoms. The first-order chi connectivity index (χ1) is 7.27. The van der Waals surface area contributed by atoms with E-state index in [0.717, 1.165) is 39.1 Å². The lowest BCUT2D eigenvalue weighted by Gasteiger charge is -2.38. The van der Waals surface area contributed by atoms with Crippen LogP contribution >= 0.6 is 0 Å². The zero-order valence-corrected chi connectivity index (χ0v) is 9.88. The van der Waals surface area contributed by atoms with Crippen molar-refractivity contribution in [3.8, 4) is 0 Å². The zero-order valence-electron chi connectivity index (χ0n) is 9.88. The van der Waals surface area contributed by atoms with Crippen LogP contribution in [0, 0.1) is 0 Å². The molecule has 1 heterocycles. The van der Waals surface area contributed by atoms with Gasteiger partial charge < -0.3 is 10.6 Å². The van der Waals surface area contributed by atoms with Gasteiger partial charge in [-0.15, -0.1) is 0 Å². The molecule has 0 aromatic carbocycles. The molecule has 0 bridgehead atoms. The molecule has 1 aliphatic rings. The van der Waals surface area contributed by atoms with Gasteiger partial charge in [0.1, 0.15) is 0 Å². The highest BCUT2D eigenvalue weighted by molar-refractivity contribution is 5.75.